The molecule has 2 aromatic rings. The Balaban J connectivity index is 1.70. The number of pyridine rings is 1. The number of hydrogen-bond donors (Lipinski definition) is 2. The van der Waals surface area contributed by atoms with E-state index in [4.69, 9.17) is 4.52 Å². The molecule has 0 spiro atoms. The van der Waals surface area contributed by atoms with Crippen LogP contribution >= 0.6 is 0 Å². The van der Waals surface area contributed by atoms with Crippen LogP contribution < -0.4 is 10.6 Å². The number of nitrogens with one attached hydrogen (secondary N) is 2. The van der Waals surface area contributed by atoms with Crippen molar-refractivity contribution < 1.29 is 9.32 Å². The lowest BCUT2D eigenvalue weighted by atomic mass is 9.94. The van der Waals surface area contributed by atoms with Crippen LogP contribution in [0.1, 0.15) is 67.2 Å². The SMILES string of the molecule is CCCc1noc2nc(C3CC3)cc(C(=O)NC3CCNCC3C)c12. The Bertz CT molecular complexity index is 781. The summed E-state index contributed by atoms with van der Waals surface area (Å²) in [5, 5.41) is 11.6. The number of carbonyl (C=O) groups excluding carboxylic acids is 1. The van der Waals surface area contributed by atoms with Gasteiger partial charge < -0.3 is 15.2 Å². The second kappa shape index (κ2) is 6.75. The van der Waals surface area contributed by atoms with Crippen molar-refractivity contribution in [3.63, 3.8) is 0 Å². The monoisotopic (exact) mass is 342 g/mol. The van der Waals surface area contributed by atoms with Gasteiger partial charge in [-0.1, -0.05) is 25.4 Å². The Labute approximate surface area is 147 Å². The second-order valence-corrected chi connectivity index (χ2v) is 7.48. The molecule has 1 amide bonds. The molecule has 0 aromatic carbocycles. The molecule has 134 valence electrons. The molecule has 0 radical (unpaired) electrons. The zero-order valence-corrected chi connectivity index (χ0v) is 15.0. The zero-order valence-electron chi connectivity index (χ0n) is 15.0. The smallest absolute Gasteiger partial charge is 0.259 e. The average molecular weight is 342 g/mol. The topological polar surface area (TPSA) is 80.0 Å². The van der Waals surface area contributed by atoms with Crippen LogP contribution in [0.25, 0.3) is 11.1 Å². The van der Waals surface area contributed by atoms with Gasteiger partial charge in [0.15, 0.2) is 0 Å². The minimum absolute atomic E-state index is 0.0198. The highest BCUT2D eigenvalue weighted by Crippen LogP contribution is 2.40. The van der Waals surface area contributed by atoms with Gasteiger partial charge >= 0.3 is 0 Å². The zero-order chi connectivity index (χ0) is 17.4. The van der Waals surface area contributed by atoms with Gasteiger partial charge in [-0.15, -0.1) is 0 Å². The van der Waals surface area contributed by atoms with Crippen molar-refractivity contribution in [2.75, 3.05) is 13.1 Å². The van der Waals surface area contributed by atoms with Crippen molar-refractivity contribution in [2.24, 2.45) is 5.92 Å². The number of rotatable bonds is 5. The van der Waals surface area contributed by atoms with Gasteiger partial charge in [-0.2, -0.15) is 0 Å². The molecule has 2 N–H and O–H groups in total. The predicted octanol–water partition coefficient (Wildman–Crippen LogP) is 2.78. The first-order valence-electron chi connectivity index (χ1n) is 9.48. The molecule has 0 bridgehead atoms. The summed E-state index contributed by atoms with van der Waals surface area (Å²) < 4.78 is 5.47. The van der Waals surface area contributed by atoms with E-state index in [1.165, 1.54) is 0 Å². The lowest BCUT2D eigenvalue weighted by Gasteiger charge is -2.30. The highest BCUT2D eigenvalue weighted by atomic mass is 16.5. The Morgan fingerprint density at radius 2 is 2.24 bits per heavy atom. The minimum Gasteiger partial charge on any atom is -0.349 e. The first-order chi connectivity index (χ1) is 12.2. The molecule has 25 heavy (non-hydrogen) atoms. The van der Waals surface area contributed by atoms with E-state index < -0.39 is 0 Å². The maximum atomic E-state index is 13.1. The lowest BCUT2D eigenvalue weighted by Crippen LogP contribution is -2.48. The summed E-state index contributed by atoms with van der Waals surface area (Å²) in [6.07, 6.45) is 4.99. The standard InChI is InChI=1S/C19H26N4O2/c1-3-4-15-17-13(18(24)21-14-7-8-20-10-11(14)2)9-16(12-5-6-12)22-19(17)25-23-15/h9,11-12,14,20H,3-8,10H2,1-2H3,(H,21,24). The van der Waals surface area contributed by atoms with E-state index in [0.29, 0.717) is 23.1 Å². The number of fused-ring (bicyclic) bond motifs is 1. The van der Waals surface area contributed by atoms with E-state index in [-0.39, 0.29) is 11.9 Å². The largest absolute Gasteiger partial charge is 0.349 e. The highest BCUT2D eigenvalue weighted by molar-refractivity contribution is 6.06. The van der Waals surface area contributed by atoms with Crippen LogP contribution in [0.5, 0.6) is 0 Å². The first kappa shape index (κ1) is 16.5. The number of aromatic nitrogens is 2. The molecule has 2 atom stereocenters. The van der Waals surface area contributed by atoms with Crippen LogP contribution in [0, 0.1) is 5.92 Å². The molecular formula is C19H26N4O2. The second-order valence-electron chi connectivity index (χ2n) is 7.48. The molecule has 2 aromatic heterocycles. The van der Waals surface area contributed by atoms with Crippen LogP contribution in [-0.2, 0) is 6.42 Å². The molecule has 6 heteroatoms. The molecule has 1 aliphatic carbocycles. The maximum absolute atomic E-state index is 13.1. The van der Waals surface area contributed by atoms with Gasteiger partial charge in [0.1, 0.15) is 0 Å². The van der Waals surface area contributed by atoms with E-state index in [9.17, 15) is 4.79 Å². The molecule has 1 aliphatic heterocycles. The van der Waals surface area contributed by atoms with Crippen molar-refractivity contribution in [2.45, 2.75) is 57.9 Å². The fraction of sp³-hybridized carbons (Fsp3) is 0.632. The quantitative estimate of drug-likeness (QED) is 0.873. The number of aryl methyl sites for hydroxylation is 1. The van der Waals surface area contributed by atoms with Crippen LogP contribution in [0.4, 0.5) is 0 Å². The summed E-state index contributed by atoms with van der Waals surface area (Å²) in [7, 11) is 0. The summed E-state index contributed by atoms with van der Waals surface area (Å²) in [6, 6.07) is 2.17. The van der Waals surface area contributed by atoms with Gasteiger partial charge in [0, 0.05) is 17.7 Å². The Morgan fingerprint density at radius 1 is 1.40 bits per heavy atom. The van der Waals surface area contributed by atoms with Crippen molar-refractivity contribution in [3.8, 4) is 0 Å². The molecule has 3 heterocycles. The van der Waals surface area contributed by atoms with Gasteiger partial charge in [0.2, 0.25) is 0 Å². The number of hydrogen-bond acceptors (Lipinski definition) is 5. The Hall–Kier alpha value is -1.95. The van der Waals surface area contributed by atoms with Gasteiger partial charge in [-0.25, -0.2) is 4.98 Å². The van der Waals surface area contributed by atoms with Gasteiger partial charge in [0.25, 0.3) is 11.6 Å². The third-order valence-corrected chi connectivity index (χ3v) is 5.37. The van der Waals surface area contributed by atoms with Crippen molar-refractivity contribution >= 4 is 17.0 Å². The third-order valence-electron chi connectivity index (χ3n) is 5.37. The molecule has 1 saturated carbocycles. The summed E-state index contributed by atoms with van der Waals surface area (Å²) >= 11 is 0. The highest BCUT2D eigenvalue weighted by Gasteiger charge is 2.30. The Morgan fingerprint density at radius 3 is 2.96 bits per heavy atom. The number of amides is 1. The molecule has 2 unspecified atom stereocenters. The Kier molecular flexibility index (Phi) is 4.46. The number of piperidine rings is 1. The summed E-state index contributed by atoms with van der Waals surface area (Å²) in [5.74, 6) is 0.873. The van der Waals surface area contributed by atoms with E-state index in [2.05, 4.69) is 34.6 Å². The summed E-state index contributed by atoms with van der Waals surface area (Å²) in [5.41, 5.74) is 3.00. The molecule has 1 saturated heterocycles. The van der Waals surface area contributed by atoms with Crippen molar-refractivity contribution in [3.05, 3.63) is 23.0 Å². The van der Waals surface area contributed by atoms with Gasteiger partial charge in [0.05, 0.1) is 16.6 Å². The molecule has 6 nitrogen and oxygen atoms in total. The van der Waals surface area contributed by atoms with Crippen molar-refractivity contribution in [1.82, 2.24) is 20.8 Å². The van der Waals surface area contributed by atoms with Crippen LogP contribution in [0.3, 0.4) is 0 Å². The molecular weight excluding hydrogens is 316 g/mol. The maximum Gasteiger partial charge on any atom is 0.259 e. The van der Waals surface area contributed by atoms with Crippen LogP contribution in [0.2, 0.25) is 0 Å². The number of nitrogens with zero attached hydrogens (tertiary/aromatic N) is 2. The van der Waals surface area contributed by atoms with Gasteiger partial charge in [-0.05, 0) is 50.8 Å². The van der Waals surface area contributed by atoms with Crippen molar-refractivity contribution in [1.29, 1.82) is 0 Å². The summed E-state index contributed by atoms with van der Waals surface area (Å²) in [6.45, 7) is 6.17. The molecule has 2 aliphatic rings. The van der Waals surface area contributed by atoms with Crippen LogP contribution in [-0.4, -0.2) is 35.2 Å². The van der Waals surface area contributed by atoms with E-state index in [1.54, 1.807) is 0 Å². The van der Waals surface area contributed by atoms with E-state index >= 15 is 0 Å². The predicted molar refractivity (Wildman–Crippen MR) is 95.7 cm³/mol. The normalized spacial score (nSPS) is 23.8. The van der Waals surface area contributed by atoms with E-state index in [0.717, 1.165) is 62.0 Å². The molecule has 2 fully saturated rings. The van der Waals surface area contributed by atoms with E-state index in [1.807, 2.05) is 6.07 Å². The minimum atomic E-state index is -0.0198. The third kappa shape index (κ3) is 3.27. The number of carbonyl (C=O) groups is 1. The van der Waals surface area contributed by atoms with Gasteiger partial charge in [-0.3, -0.25) is 4.79 Å². The average Bonchev–Trinajstić information content (AvgIpc) is 3.39. The molecule has 4 rings (SSSR count). The lowest BCUT2D eigenvalue weighted by molar-refractivity contribution is 0.0915. The summed E-state index contributed by atoms with van der Waals surface area (Å²) in [4.78, 5) is 17.7. The first-order valence-corrected chi connectivity index (χ1v) is 9.48. The fourth-order valence-corrected chi connectivity index (χ4v) is 3.68. The fourth-order valence-electron chi connectivity index (χ4n) is 3.68. The van der Waals surface area contributed by atoms with Crippen LogP contribution in [0.15, 0.2) is 10.6 Å².